The molecule has 1 aromatic carbocycles. The van der Waals surface area contributed by atoms with Crippen molar-refractivity contribution in [3.63, 3.8) is 0 Å². The van der Waals surface area contributed by atoms with Crippen molar-refractivity contribution in [2.45, 2.75) is 88.7 Å². The van der Waals surface area contributed by atoms with E-state index in [1.165, 1.54) is 30.4 Å². The molecule has 1 aliphatic carbocycles. The number of benzene rings is 1. The minimum absolute atomic E-state index is 0.0580. The highest BCUT2D eigenvalue weighted by Gasteiger charge is 2.36. The summed E-state index contributed by atoms with van der Waals surface area (Å²) in [6, 6.07) is 8.94. The Kier molecular flexibility index (Phi) is 6.65. The molecule has 1 saturated carbocycles. The van der Waals surface area contributed by atoms with Gasteiger partial charge in [-0.25, -0.2) is 0 Å². The van der Waals surface area contributed by atoms with Crippen molar-refractivity contribution in [2.75, 3.05) is 13.1 Å². The highest BCUT2D eigenvalue weighted by Crippen LogP contribution is 2.25. The molecule has 1 aromatic rings. The molecule has 1 saturated heterocycles. The van der Waals surface area contributed by atoms with Gasteiger partial charge in [0, 0.05) is 25.7 Å². The first-order valence-electron chi connectivity index (χ1n) is 11.1. The van der Waals surface area contributed by atoms with Crippen LogP contribution >= 0.6 is 0 Å². The smallest absolute Gasteiger partial charge is 0.252 e. The number of rotatable bonds is 5. The maximum Gasteiger partial charge on any atom is 0.252 e. The number of nitrogens with one attached hydrogen (secondary N) is 1. The number of aliphatic hydroxyl groups excluding tert-OH is 1. The maximum atomic E-state index is 12.7. The summed E-state index contributed by atoms with van der Waals surface area (Å²) in [5.41, 5.74) is 2.90. The second-order valence-electron chi connectivity index (χ2n) is 8.75. The zero-order valence-corrected chi connectivity index (χ0v) is 16.8. The molecule has 2 N–H and O–H groups in total. The van der Waals surface area contributed by atoms with Crippen LogP contribution in [-0.2, 0) is 22.5 Å². The van der Waals surface area contributed by atoms with Crippen LogP contribution in [0.1, 0.15) is 62.5 Å². The average Bonchev–Trinajstić information content (AvgIpc) is 2.73. The fourth-order valence-electron chi connectivity index (χ4n) is 4.92. The summed E-state index contributed by atoms with van der Waals surface area (Å²) < 4.78 is 6.07. The zero-order valence-electron chi connectivity index (χ0n) is 16.8. The Labute approximate surface area is 168 Å². The van der Waals surface area contributed by atoms with Crippen LogP contribution in [0.4, 0.5) is 0 Å². The van der Waals surface area contributed by atoms with Crippen LogP contribution in [0.3, 0.4) is 0 Å². The predicted molar refractivity (Wildman–Crippen MR) is 109 cm³/mol. The molecule has 2 heterocycles. The summed E-state index contributed by atoms with van der Waals surface area (Å²) in [4.78, 5) is 15.1. The summed E-state index contributed by atoms with van der Waals surface area (Å²) in [6.07, 6.45) is 7.90. The van der Waals surface area contributed by atoms with E-state index in [2.05, 4.69) is 34.5 Å². The molecule has 2 aliphatic heterocycles. The Hall–Kier alpha value is -1.43. The van der Waals surface area contributed by atoms with Crippen molar-refractivity contribution >= 4 is 5.91 Å². The second kappa shape index (κ2) is 9.38. The summed E-state index contributed by atoms with van der Waals surface area (Å²) in [7, 11) is 0. The average molecular weight is 387 g/mol. The van der Waals surface area contributed by atoms with Crippen molar-refractivity contribution in [3.05, 3.63) is 35.4 Å². The van der Waals surface area contributed by atoms with Crippen molar-refractivity contribution in [1.29, 1.82) is 0 Å². The van der Waals surface area contributed by atoms with Gasteiger partial charge in [0.05, 0.1) is 12.2 Å². The summed E-state index contributed by atoms with van der Waals surface area (Å²) in [5.74, 6) is -0.115. The van der Waals surface area contributed by atoms with Crippen LogP contribution in [0, 0.1) is 0 Å². The van der Waals surface area contributed by atoms with E-state index in [9.17, 15) is 9.90 Å². The highest BCUT2D eigenvalue weighted by atomic mass is 16.5. The fraction of sp³-hybridized carbons (Fsp3) is 0.696. The molecular weight excluding hydrogens is 352 g/mol. The van der Waals surface area contributed by atoms with Crippen molar-refractivity contribution < 1.29 is 14.6 Å². The van der Waals surface area contributed by atoms with E-state index in [-0.39, 0.29) is 18.1 Å². The number of nitrogens with zero attached hydrogens (tertiary/aromatic N) is 1. The van der Waals surface area contributed by atoms with E-state index >= 15 is 0 Å². The topological polar surface area (TPSA) is 61.8 Å². The standard InChI is InChI=1S/C23H34N2O3/c26-21-11-10-20(28-22(21)23(27)24-19-8-2-1-3-9-19)13-15-25-14-12-17-6-4-5-7-18(17)16-25/h4-7,19-22,26H,1-3,8-16H2,(H,24,27). The largest absolute Gasteiger partial charge is 0.390 e. The van der Waals surface area contributed by atoms with Crippen molar-refractivity contribution in [1.82, 2.24) is 10.2 Å². The number of carbonyl (C=O) groups is 1. The lowest BCUT2D eigenvalue weighted by molar-refractivity contribution is -0.159. The third-order valence-corrected chi connectivity index (χ3v) is 6.66. The first-order valence-corrected chi connectivity index (χ1v) is 11.1. The molecule has 4 rings (SSSR count). The Bertz CT molecular complexity index is 659. The van der Waals surface area contributed by atoms with E-state index in [0.29, 0.717) is 6.42 Å². The molecule has 0 bridgehead atoms. The van der Waals surface area contributed by atoms with E-state index in [1.54, 1.807) is 0 Å². The number of ether oxygens (including phenoxy) is 1. The first kappa shape index (κ1) is 19.9. The van der Waals surface area contributed by atoms with E-state index in [1.807, 2.05) is 0 Å². The monoisotopic (exact) mass is 386 g/mol. The molecule has 0 spiro atoms. The molecular formula is C23H34N2O3. The number of carbonyl (C=O) groups excluding carboxylic acids is 1. The minimum atomic E-state index is -0.706. The molecule has 0 aromatic heterocycles. The third kappa shape index (κ3) is 4.94. The van der Waals surface area contributed by atoms with Gasteiger partial charge in [0.25, 0.3) is 5.91 Å². The molecule has 5 nitrogen and oxygen atoms in total. The number of fused-ring (bicyclic) bond motifs is 1. The minimum Gasteiger partial charge on any atom is -0.390 e. The zero-order chi connectivity index (χ0) is 19.3. The van der Waals surface area contributed by atoms with E-state index in [0.717, 1.165) is 51.7 Å². The van der Waals surface area contributed by atoms with Crippen molar-refractivity contribution in [2.24, 2.45) is 0 Å². The molecule has 3 atom stereocenters. The fourth-order valence-corrected chi connectivity index (χ4v) is 4.92. The number of aliphatic hydroxyl groups is 1. The maximum absolute atomic E-state index is 12.7. The van der Waals surface area contributed by atoms with Gasteiger partial charge in [0.1, 0.15) is 0 Å². The molecule has 3 unspecified atom stereocenters. The molecule has 3 aliphatic rings. The summed E-state index contributed by atoms with van der Waals surface area (Å²) >= 11 is 0. The van der Waals surface area contributed by atoms with Crippen LogP contribution in [0.2, 0.25) is 0 Å². The molecule has 2 fully saturated rings. The lowest BCUT2D eigenvalue weighted by Gasteiger charge is -2.36. The highest BCUT2D eigenvalue weighted by molar-refractivity contribution is 5.81. The molecule has 28 heavy (non-hydrogen) atoms. The molecule has 154 valence electrons. The molecule has 0 radical (unpaired) electrons. The quantitative estimate of drug-likeness (QED) is 0.817. The van der Waals surface area contributed by atoms with Gasteiger partial charge in [0.15, 0.2) is 6.10 Å². The van der Waals surface area contributed by atoms with Gasteiger partial charge < -0.3 is 15.2 Å². The molecule has 5 heteroatoms. The third-order valence-electron chi connectivity index (χ3n) is 6.66. The van der Waals surface area contributed by atoms with Crippen LogP contribution in [0.25, 0.3) is 0 Å². The second-order valence-corrected chi connectivity index (χ2v) is 8.75. The van der Waals surface area contributed by atoms with Crippen LogP contribution < -0.4 is 5.32 Å². The van der Waals surface area contributed by atoms with Crippen LogP contribution in [0.5, 0.6) is 0 Å². The normalized spacial score (nSPS) is 29.2. The van der Waals surface area contributed by atoms with Crippen LogP contribution in [-0.4, -0.2) is 53.4 Å². The van der Waals surface area contributed by atoms with E-state index < -0.39 is 12.2 Å². The SMILES string of the molecule is O=C(NC1CCCCC1)C1OC(CCN2CCc3ccccc3C2)CCC1O. The predicted octanol–water partition coefficient (Wildman–Crippen LogP) is 2.79. The summed E-state index contributed by atoms with van der Waals surface area (Å²) in [6.45, 7) is 3.06. The van der Waals surface area contributed by atoms with Gasteiger partial charge in [0.2, 0.25) is 0 Å². The Morgan fingerprint density at radius 3 is 2.71 bits per heavy atom. The van der Waals surface area contributed by atoms with Gasteiger partial charge >= 0.3 is 0 Å². The Morgan fingerprint density at radius 1 is 1.11 bits per heavy atom. The lowest BCUT2D eigenvalue weighted by Crippen LogP contribution is -2.52. The van der Waals surface area contributed by atoms with Gasteiger partial charge in [-0.2, -0.15) is 0 Å². The van der Waals surface area contributed by atoms with Crippen LogP contribution in [0.15, 0.2) is 24.3 Å². The molecule has 1 amide bonds. The number of amides is 1. The van der Waals surface area contributed by atoms with Gasteiger partial charge in [-0.1, -0.05) is 43.5 Å². The van der Waals surface area contributed by atoms with Gasteiger partial charge in [-0.05, 0) is 49.7 Å². The number of hydrogen-bond acceptors (Lipinski definition) is 4. The summed E-state index contributed by atoms with van der Waals surface area (Å²) in [5, 5.41) is 13.4. The lowest BCUT2D eigenvalue weighted by atomic mass is 9.94. The Morgan fingerprint density at radius 2 is 1.89 bits per heavy atom. The first-order chi connectivity index (χ1) is 13.7. The van der Waals surface area contributed by atoms with E-state index in [4.69, 9.17) is 4.74 Å². The van der Waals surface area contributed by atoms with Crippen molar-refractivity contribution in [3.8, 4) is 0 Å². The Balaban J connectivity index is 1.26. The van der Waals surface area contributed by atoms with Gasteiger partial charge in [-0.3, -0.25) is 9.69 Å². The van der Waals surface area contributed by atoms with Gasteiger partial charge in [-0.15, -0.1) is 0 Å². The number of hydrogen-bond donors (Lipinski definition) is 2.